The van der Waals surface area contributed by atoms with E-state index in [2.05, 4.69) is 10.1 Å². The first-order valence-electron chi connectivity index (χ1n) is 9.52. The molecule has 0 atom stereocenters. The van der Waals surface area contributed by atoms with Crippen LogP contribution in [0, 0.1) is 0 Å². The molecule has 0 aromatic heterocycles. The largest absolute Gasteiger partial charge is 0.466 e. The molecule has 3 aromatic carbocycles. The Hall–Kier alpha value is -3.61. The smallest absolute Gasteiger partial charge is 0.416 e. The van der Waals surface area contributed by atoms with Gasteiger partial charge in [-0.3, -0.25) is 4.79 Å². The number of halogens is 3. The van der Waals surface area contributed by atoms with Crippen molar-refractivity contribution in [1.29, 1.82) is 0 Å². The average molecular weight is 427 g/mol. The Labute approximate surface area is 177 Å². The number of esters is 1. The second-order valence-electron chi connectivity index (χ2n) is 6.79. The van der Waals surface area contributed by atoms with Crippen LogP contribution in [0.4, 0.5) is 13.2 Å². The van der Waals surface area contributed by atoms with Gasteiger partial charge in [0.2, 0.25) is 0 Å². The molecule has 0 saturated heterocycles. The molecule has 1 amide bonds. The maximum absolute atomic E-state index is 12.8. The summed E-state index contributed by atoms with van der Waals surface area (Å²) >= 11 is 0. The lowest BCUT2D eigenvalue weighted by molar-refractivity contribution is -0.137. The van der Waals surface area contributed by atoms with Crippen molar-refractivity contribution in [3.05, 3.63) is 83.9 Å². The van der Waals surface area contributed by atoms with E-state index in [9.17, 15) is 22.8 Å². The molecule has 31 heavy (non-hydrogen) atoms. The minimum atomic E-state index is -4.38. The van der Waals surface area contributed by atoms with E-state index in [4.69, 9.17) is 0 Å². The molecule has 0 fully saturated rings. The highest BCUT2D eigenvalue weighted by Crippen LogP contribution is 2.33. The monoisotopic (exact) mass is 427 g/mol. The molecule has 0 unspecified atom stereocenters. The maximum atomic E-state index is 12.8. The van der Waals surface area contributed by atoms with Crippen LogP contribution in [0.5, 0.6) is 0 Å². The first kappa shape index (κ1) is 22.1. The third-order valence-corrected chi connectivity index (χ3v) is 4.72. The Bertz CT molecular complexity index is 1120. The number of benzene rings is 3. The van der Waals surface area contributed by atoms with Gasteiger partial charge < -0.3 is 10.1 Å². The van der Waals surface area contributed by atoms with Crippen LogP contribution in [-0.4, -0.2) is 25.5 Å². The minimum Gasteiger partial charge on any atom is -0.466 e. The summed E-state index contributed by atoms with van der Waals surface area (Å²) in [7, 11) is 1.29. The fraction of sp³-hybridized carbons (Fsp3) is 0.167. The summed E-state index contributed by atoms with van der Waals surface area (Å²) in [5.74, 6) is -0.710. The van der Waals surface area contributed by atoms with E-state index < -0.39 is 17.7 Å². The predicted octanol–water partition coefficient (Wildman–Crippen LogP) is 5.37. The number of fused-ring (bicyclic) bond motifs is 1. The summed E-state index contributed by atoms with van der Waals surface area (Å²) in [4.78, 5) is 23.4. The van der Waals surface area contributed by atoms with Crippen molar-refractivity contribution in [3.63, 3.8) is 0 Å². The van der Waals surface area contributed by atoms with E-state index in [0.717, 1.165) is 28.5 Å². The normalized spacial score (nSPS) is 11.6. The molecule has 0 radical (unpaired) electrons. The highest BCUT2D eigenvalue weighted by atomic mass is 19.4. The highest BCUT2D eigenvalue weighted by molar-refractivity contribution is 6.02. The van der Waals surface area contributed by atoms with Crippen molar-refractivity contribution in [2.45, 2.75) is 12.6 Å². The number of hydrogen-bond acceptors (Lipinski definition) is 3. The van der Waals surface area contributed by atoms with E-state index in [1.807, 2.05) is 12.1 Å². The Balaban J connectivity index is 1.76. The molecule has 0 aliphatic heterocycles. The Kier molecular flexibility index (Phi) is 6.74. The molecule has 160 valence electrons. The molecule has 1 N–H and O–H groups in total. The summed E-state index contributed by atoms with van der Waals surface area (Å²) in [5, 5.41) is 4.41. The number of ether oxygens (including phenoxy) is 1. The standard InChI is InChI=1S/C24H20F3NO3/c1-31-22(29)7-2-3-14-28-23(30)18-10-13-21-17(15-18)5-4-6-20(21)16-8-11-19(12-9-16)24(25,26)27/h2,4-13,15H,3,14H2,1H3,(H,28,30)/b7-2+. The number of nitrogens with one attached hydrogen (secondary N) is 1. The summed E-state index contributed by atoms with van der Waals surface area (Å²) in [5.41, 5.74) is 1.21. The zero-order chi connectivity index (χ0) is 22.4. The fourth-order valence-corrected chi connectivity index (χ4v) is 3.13. The van der Waals surface area contributed by atoms with Crippen molar-refractivity contribution in [3.8, 4) is 11.1 Å². The van der Waals surface area contributed by atoms with Crippen molar-refractivity contribution in [1.82, 2.24) is 5.32 Å². The van der Waals surface area contributed by atoms with Gasteiger partial charge in [-0.2, -0.15) is 13.2 Å². The summed E-state index contributed by atoms with van der Waals surface area (Å²) in [6, 6.07) is 15.7. The molecule has 0 saturated carbocycles. The van der Waals surface area contributed by atoms with E-state index >= 15 is 0 Å². The summed E-state index contributed by atoms with van der Waals surface area (Å²) in [6.07, 6.45) is -0.991. The second-order valence-corrected chi connectivity index (χ2v) is 6.79. The average Bonchev–Trinajstić information content (AvgIpc) is 2.77. The highest BCUT2D eigenvalue weighted by Gasteiger charge is 2.30. The van der Waals surface area contributed by atoms with Crippen LogP contribution in [-0.2, 0) is 15.7 Å². The van der Waals surface area contributed by atoms with Crippen molar-refractivity contribution in [2.75, 3.05) is 13.7 Å². The topological polar surface area (TPSA) is 55.4 Å². The van der Waals surface area contributed by atoms with Gasteiger partial charge in [-0.05, 0) is 52.6 Å². The molecular weight excluding hydrogens is 407 g/mol. The summed E-state index contributed by atoms with van der Waals surface area (Å²) in [6.45, 7) is 0.357. The maximum Gasteiger partial charge on any atom is 0.416 e. The zero-order valence-electron chi connectivity index (χ0n) is 16.7. The number of carbonyl (C=O) groups excluding carboxylic acids is 2. The Morgan fingerprint density at radius 1 is 1.03 bits per heavy atom. The van der Waals surface area contributed by atoms with Crippen LogP contribution < -0.4 is 5.32 Å². The van der Waals surface area contributed by atoms with Gasteiger partial charge >= 0.3 is 12.1 Å². The molecule has 0 heterocycles. The molecule has 0 bridgehead atoms. The number of methoxy groups -OCH3 is 1. The lowest BCUT2D eigenvalue weighted by Gasteiger charge is -2.11. The first-order valence-corrected chi connectivity index (χ1v) is 9.52. The predicted molar refractivity (Wildman–Crippen MR) is 112 cm³/mol. The molecule has 0 aliphatic carbocycles. The van der Waals surface area contributed by atoms with Gasteiger partial charge in [0.1, 0.15) is 0 Å². The lowest BCUT2D eigenvalue weighted by Crippen LogP contribution is -2.24. The molecule has 0 spiro atoms. The Morgan fingerprint density at radius 3 is 2.45 bits per heavy atom. The fourth-order valence-electron chi connectivity index (χ4n) is 3.13. The quantitative estimate of drug-likeness (QED) is 0.327. The van der Waals surface area contributed by atoms with Crippen LogP contribution in [0.3, 0.4) is 0 Å². The van der Waals surface area contributed by atoms with Crippen LogP contribution in [0.2, 0.25) is 0 Å². The number of amides is 1. The SMILES string of the molecule is COC(=O)/C=C/CCNC(=O)c1ccc2c(-c3ccc(C(F)(F)F)cc3)cccc2c1. The molecule has 3 aromatic rings. The molecule has 3 rings (SSSR count). The van der Waals surface area contributed by atoms with Gasteiger partial charge in [0.05, 0.1) is 12.7 Å². The van der Waals surface area contributed by atoms with E-state index in [-0.39, 0.29) is 5.91 Å². The second kappa shape index (κ2) is 9.47. The van der Waals surface area contributed by atoms with Crippen LogP contribution >= 0.6 is 0 Å². The zero-order valence-corrected chi connectivity index (χ0v) is 16.7. The third-order valence-electron chi connectivity index (χ3n) is 4.72. The van der Waals surface area contributed by atoms with Crippen LogP contribution in [0.15, 0.2) is 72.8 Å². The van der Waals surface area contributed by atoms with Crippen LogP contribution in [0.25, 0.3) is 21.9 Å². The number of hydrogen-bond donors (Lipinski definition) is 1. The van der Waals surface area contributed by atoms with Gasteiger partial charge in [-0.15, -0.1) is 0 Å². The van der Waals surface area contributed by atoms with Crippen molar-refractivity contribution in [2.24, 2.45) is 0 Å². The molecular formula is C24H20F3NO3. The lowest BCUT2D eigenvalue weighted by atomic mass is 9.96. The molecule has 4 nitrogen and oxygen atoms in total. The molecule has 0 aliphatic rings. The first-order chi connectivity index (χ1) is 14.8. The van der Waals surface area contributed by atoms with Gasteiger partial charge in [-0.25, -0.2) is 4.79 Å². The summed E-state index contributed by atoms with van der Waals surface area (Å²) < 4.78 is 42.9. The number of carbonyl (C=O) groups is 2. The number of alkyl halides is 3. The van der Waals surface area contributed by atoms with E-state index in [1.54, 1.807) is 30.3 Å². The van der Waals surface area contributed by atoms with E-state index in [0.29, 0.717) is 24.1 Å². The van der Waals surface area contributed by atoms with Gasteiger partial charge in [0, 0.05) is 18.2 Å². The van der Waals surface area contributed by atoms with Crippen LogP contribution in [0.1, 0.15) is 22.3 Å². The minimum absolute atomic E-state index is 0.256. The Morgan fingerprint density at radius 2 is 1.77 bits per heavy atom. The van der Waals surface area contributed by atoms with Gasteiger partial charge in [0.15, 0.2) is 0 Å². The molecule has 7 heteroatoms. The van der Waals surface area contributed by atoms with Crippen molar-refractivity contribution >= 4 is 22.6 Å². The van der Waals surface area contributed by atoms with Crippen molar-refractivity contribution < 1.29 is 27.5 Å². The number of rotatable bonds is 6. The van der Waals surface area contributed by atoms with E-state index in [1.165, 1.54) is 25.3 Å². The third kappa shape index (κ3) is 5.51. The van der Waals surface area contributed by atoms with Gasteiger partial charge in [0.25, 0.3) is 5.91 Å². The van der Waals surface area contributed by atoms with Gasteiger partial charge in [-0.1, -0.05) is 42.5 Å².